The number of nitrogens with one attached hydrogen (secondary N) is 1. The molecule has 36 heavy (non-hydrogen) atoms. The lowest BCUT2D eigenvalue weighted by molar-refractivity contribution is -0.136. The highest BCUT2D eigenvalue weighted by Gasteiger charge is 2.40. The summed E-state index contributed by atoms with van der Waals surface area (Å²) in [5.74, 6) is -0.882. The number of piperazine rings is 1. The SMILES string of the molecule is CC1CN(c2ccc3c(c2)CN(C2CCC(=O)NC2=O)C3=O)CC(C)N1C(=O)OC(C)(C)C.CCC. The van der Waals surface area contributed by atoms with Crippen LogP contribution in [0.2, 0.25) is 0 Å². The molecule has 0 saturated carbocycles. The Hall–Kier alpha value is -3.10. The molecule has 3 heterocycles. The van der Waals surface area contributed by atoms with Crippen molar-refractivity contribution in [1.29, 1.82) is 0 Å². The highest BCUT2D eigenvalue weighted by molar-refractivity contribution is 6.05. The van der Waals surface area contributed by atoms with Gasteiger partial charge in [0.2, 0.25) is 11.8 Å². The van der Waals surface area contributed by atoms with Crippen LogP contribution in [0, 0.1) is 0 Å². The number of carbonyl (C=O) groups excluding carboxylic acids is 4. The first-order valence-electron chi connectivity index (χ1n) is 12.9. The molecular weight excluding hydrogens is 460 g/mol. The molecule has 3 aliphatic rings. The minimum absolute atomic E-state index is 0.0431. The number of amides is 4. The number of ether oxygens (including phenoxy) is 1. The highest BCUT2D eigenvalue weighted by Crippen LogP contribution is 2.32. The van der Waals surface area contributed by atoms with Crippen LogP contribution in [-0.2, 0) is 20.9 Å². The maximum atomic E-state index is 12.9. The van der Waals surface area contributed by atoms with Crippen molar-refractivity contribution < 1.29 is 23.9 Å². The van der Waals surface area contributed by atoms with Gasteiger partial charge in [0.1, 0.15) is 11.6 Å². The Morgan fingerprint density at radius 3 is 2.25 bits per heavy atom. The van der Waals surface area contributed by atoms with Crippen molar-refractivity contribution in [3.63, 3.8) is 0 Å². The molecule has 0 radical (unpaired) electrons. The Bertz CT molecular complexity index is 1010. The maximum absolute atomic E-state index is 12.9. The average Bonchev–Trinajstić information content (AvgIpc) is 3.08. The first-order chi connectivity index (χ1) is 16.9. The average molecular weight is 501 g/mol. The second-order valence-electron chi connectivity index (χ2n) is 10.9. The normalized spacial score (nSPS) is 24.1. The fourth-order valence-electron chi connectivity index (χ4n) is 4.97. The van der Waals surface area contributed by atoms with Gasteiger partial charge in [-0.15, -0.1) is 0 Å². The van der Waals surface area contributed by atoms with Gasteiger partial charge in [-0.1, -0.05) is 20.3 Å². The van der Waals surface area contributed by atoms with Gasteiger partial charge in [-0.3, -0.25) is 24.6 Å². The predicted molar refractivity (Wildman–Crippen MR) is 138 cm³/mol. The lowest BCUT2D eigenvalue weighted by Gasteiger charge is -2.45. The van der Waals surface area contributed by atoms with E-state index in [1.807, 2.05) is 52.8 Å². The lowest BCUT2D eigenvalue weighted by atomic mass is 10.0. The Morgan fingerprint density at radius 2 is 1.69 bits per heavy atom. The number of rotatable bonds is 2. The Morgan fingerprint density at radius 1 is 1.08 bits per heavy atom. The number of carbonyl (C=O) groups is 4. The zero-order chi connectivity index (χ0) is 26.8. The maximum Gasteiger partial charge on any atom is 0.410 e. The minimum atomic E-state index is -0.622. The summed E-state index contributed by atoms with van der Waals surface area (Å²) in [6.45, 7) is 15.5. The summed E-state index contributed by atoms with van der Waals surface area (Å²) < 4.78 is 5.59. The molecule has 2 saturated heterocycles. The van der Waals surface area contributed by atoms with Crippen LogP contribution in [0.3, 0.4) is 0 Å². The predicted octanol–water partition coefficient (Wildman–Crippen LogP) is 3.70. The second-order valence-corrected chi connectivity index (χ2v) is 10.9. The van der Waals surface area contributed by atoms with E-state index >= 15 is 0 Å². The Balaban J connectivity index is 0.00000115. The number of hydrogen-bond acceptors (Lipinski definition) is 6. The molecule has 0 bridgehead atoms. The molecule has 1 aromatic rings. The van der Waals surface area contributed by atoms with E-state index < -0.39 is 17.6 Å². The molecule has 1 N–H and O–H groups in total. The number of imide groups is 1. The third-order valence-electron chi connectivity index (χ3n) is 6.40. The number of hydrogen-bond donors (Lipinski definition) is 1. The van der Waals surface area contributed by atoms with E-state index in [4.69, 9.17) is 4.74 Å². The summed E-state index contributed by atoms with van der Waals surface area (Å²) in [6.07, 6.45) is 1.53. The molecule has 0 aliphatic carbocycles. The van der Waals surface area contributed by atoms with E-state index in [1.165, 1.54) is 6.42 Å². The van der Waals surface area contributed by atoms with Crippen molar-refractivity contribution in [3.05, 3.63) is 29.3 Å². The molecule has 9 heteroatoms. The van der Waals surface area contributed by atoms with Crippen LogP contribution in [0.1, 0.15) is 83.7 Å². The van der Waals surface area contributed by atoms with Crippen molar-refractivity contribution in [2.75, 3.05) is 18.0 Å². The topological polar surface area (TPSA) is 99.3 Å². The molecule has 3 atom stereocenters. The van der Waals surface area contributed by atoms with Crippen LogP contribution in [0.25, 0.3) is 0 Å². The van der Waals surface area contributed by atoms with Gasteiger partial charge in [-0.2, -0.15) is 0 Å². The van der Waals surface area contributed by atoms with Crippen molar-refractivity contribution in [3.8, 4) is 0 Å². The van der Waals surface area contributed by atoms with Crippen molar-refractivity contribution in [1.82, 2.24) is 15.1 Å². The van der Waals surface area contributed by atoms with Gasteiger partial charge in [-0.05, 0) is 64.8 Å². The van der Waals surface area contributed by atoms with Gasteiger partial charge in [0, 0.05) is 37.3 Å². The van der Waals surface area contributed by atoms with Gasteiger partial charge in [0.05, 0.1) is 12.1 Å². The first kappa shape index (κ1) is 27.5. The van der Waals surface area contributed by atoms with Crippen LogP contribution in [0.15, 0.2) is 18.2 Å². The third kappa shape index (κ3) is 5.99. The zero-order valence-electron chi connectivity index (χ0n) is 22.6. The summed E-state index contributed by atoms with van der Waals surface area (Å²) in [6, 6.07) is 5.03. The number of piperidine rings is 1. The van der Waals surface area contributed by atoms with E-state index in [0.717, 1.165) is 11.3 Å². The Labute approximate surface area is 214 Å². The fourth-order valence-corrected chi connectivity index (χ4v) is 4.97. The summed E-state index contributed by atoms with van der Waals surface area (Å²) in [5.41, 5.74) is 1.90. The summed E-state index contributed by atoms with van der Waals surface area (Å²) in [7, 11) is 0. The van der Waals surface area contributed by atoms with Crippen LogP contribution < -0.4 is 10.2 Å². The monoisotopic (exact) mass is 500 g/mol. The quantitative estimate of drug-likeness (QED) is 0.622. The molecule has 9 nitrogen and oxygen atoms in total. The van der Waals surface area contributed by atoms with E-state index in [1.54, 1.807) is 9.80 Å². The largest absolute Gasteiger partial charge is 0.444 e. The molecule has 4 amide bonds. The molecule has 4 rings (SSSR count). The van der Waals surface area contributed by atoms with Crippen molar-refractivity contribution in [2.45, 2.75) is 98.0 Å². The first-order valence-corrected chi connectivity index (χ1v) is 12.9. The van der Waals surface area contributed by atoms with Crippen molar-refractivity contribution >= 4 is 29.5 Å². The molecule has 3 unspecified atom stereocenters. The molecule has 0 aromatic heterocycles. The molecule has 2 fully saturated rings. The molecular formula is C27H40N4O5. The van der Waals surface area contributed by atoms with E-state index in [2.05, 4.69) is 24.1 Å². The van der Waals surface area contributed by atoms with Crippen LogP contribution in [-0.4, -0.2) is 70.4 Å². The zero-order valence-corrected chi connectivity index (χ0v) is 22.6. The van der Waals surface area contributed by atoms with E-state index in [-0.39, 0.29) is 36.4 Å². The Kier molecular flexibility index (Phi) is 8.31. The van der Waals surface area contributed by atoms with Crippen molar-refractivity contribution in [2.24, 2.45) is 0 Å². The smallest absolute Gasteiger partial charge is 0.410 e. The molecule has 198 valence electrons. The van der Waals surface area contributed by atoms with E-state index in [9.17, 15) is 19.2 Å². The van der Waals surface area contributed by atoms with Gasteiger partial charge in [0.25, 0.3) is 5.91 Å². The minimum Gasteiger partial charge on any atom is -0.444 e. The number of anilines is 1. The molecule has 0 spiro atoms. The van der Waals surface area contributed by atoms with Gasteiger partial charge < -0.3 is 14.5 Å². The fraction of sp³-hybridized carbons (Fsp3) is 0.630. The highest BCUT2D eigenvalue weighted by atomic mass is 16.6. The van der Waals surface area contributed by atoms with Crippen LogP contribution in [0.5, 0.6) is 0 Å². The molecule has 3 aliphatic heterocycles. The number of benzene rings is 1. The second kappa shape index (κ2) is 10.9. The number of fused-ring (bicyclic) bond motifs is 1. The van der Waals surface area contributed by atoms with E-state index in [0.29, 0.717) is 31.6 Å². The summed E-state index contributed by atoms with van der Waals surface area (Å²) in [5, 5.41) is 2.33. The van der Waals surface area contributed by atoms with Gasteiger partial charge >= 0.3 is 6.09 Å². The number of nitrogens with zero attached hydrogens (tertiary/aromatic N) is 3. The third-order valence-corrected chi connectivity index (χ3v) is 6.40. The lowest BCUT2D eigenvalue weighted by Crippen LogP contribution is -2.59. The summed E-state index contributed by atoms with van der Waals surface area (Å²) >= 11 is 0. The van der Waals surface area contributed by atoms with Crippen LogP contribution >= 0.6 is 0 Å². The van der Waals surface area contributed by atoms with Crippen LogP contribution in [0.4, 0.5) is 10.5 Å². The van der Waals surface area contributed by atoms with Gasteiger partial charge in [0.15, 0.2) is 0 Å². The molecule has 1 aromatic carbocycles. The standard InChI is InChI=1S/C24H32N4O5.C3H8/c1-14-11-26(12-15(2)28(14)23(32)33-24(3,4)5)17-6-7-18-16(10-17)13-27(22(18)31)19-8-9-20(29)25-21(19)30;1-3-2/h6-7,10,14-15,19H,8-9,11-13H2,1-5H3,(H,25,29,30);3H2,1-2H3. The summed E-state index contributed by atoms with van der Waals surface area (Å²) in [4.78, 5) is 54.9. The van der Waals surface area contributed by atoms with Gasteiger partial charge in [-0.25, -0.2) is 4.79 Å².